The van der Waals surface area contributed by atoms with Gasteiger partial charge >= 0.3 is 0 Å². The summed E-state index contributed by atoms with van der Waals surface area (Å²) in [5, 5.41) is 18.6. The fourth-order valence-corrected chi connectivity index (χ4v) is 5.94. The van der Waals surface area contributed by atoms with Crippen LogP contribution in [0.25, 0.3) is 16.7 Å². The fraction of sp³-hybridized carbons (Fsp3) is 0.273. The Kier molecular flexibility index (Phi) is 5.85. The maximum Gasteiger partial charge on any atom is 0.251 e. The highest BCUT2D eigenvalue weighted by Crippen LogP contribution is 2.47. The van der Waals surface area contributed by atoms with Crippen molar-refractivity contribution in [2.75, 3.05) is 0 Å². The van der Waals surface area contributed by atoms with Gasteiger partial charge in [0, 0.05) is 43.3 Å². The van der Waals surface area contributed by atoms with Gasteiger partial charge < -0.3 is 5.32 Å². The minimum atomic E-state index is -0.636. The fourth-order valence-electron chi connectivity index (χ4n) is 5.94. The molecule has 7 nitrogen and oxygen atoms in total. The molecule has 40 heavy (non-hydrogen) atoms. The summed E-state index contributed by atoms with van der Waals surface area (Å²) in [7, 11) is 0. The van der Waals surface area contributed by atoms with E-state index in [0.29, 0.717) is 12.0 Å². The quantitative estimate of drug-likeness (QED) is 0.316. The zero-order valence-corrected chi connectivity index (χ0v) is 22.4. The lowest BCUT2D eigenvalue weighted by Gasteiger charge is -2.24. The number of nitriles is 1. The van der Waals surface area contributed by atoms with Crippen LogP contribution in [-0.4, -0.2) is 25.7 Å². The van der Waals surface area contributed by atoms with Crippen molar-refractivity contribution in [2.24, 2.45) is 0 Å². The summed E-state index contributed by atoms with van der Waals surface area (Å²) in [6.07, 6.45) is 14.2. The van der Waals surface area contributed by atoms with E-state index < -0.39 is 5.41 Å². The van der Waals surface area contributed by atoms with Crippen molar-refractivity contribution in [3.05, 3.63) is 112 Å². The molecule has 3 heterocycles. The Morgan fingerprint density at radius 3 is 2.98 bits per heavy atom. The predicted octanol–water partition coefficient (Wildman–Crippen LogP) is 5.89. The average Bonchev–Trinajstić information content (AvgIpc) is 3.32. The Morgan fingerprint density at radius 1 is 1.20 bits per heavy atom. The van der Waals surface area contributed by atoms with Crippen LogP contribution in [-0.2, 0) is 24.8 Å². The molecule has 1 amide bonds. The third-order valence-electron chi connectivity index (χ3n) is 8.26. The molecule has 0 bridgehead atoms. The molecule has 7 heteroatoms. The van der Waals surface area contributed by atoms with E-state index in [1.807, 2.05) is 49.5 Å². The van der Waals surface area contributed by atoms with Gasteiger partial charge in [0.1, 0.15) is 0 Å². The van der Waals surface area contributed by atoms with Crippen molar-refractivity contribution >= 4 is 16.8 Å². The van der Waals surface area contributed by atoms with Gasteiger partial charge in [-0.2, -0.15) is 10.4 Å². The third kappa shape index (κ3) is 4.60. The summed E-state index contributed by atoms with van der Waals surface area (Å²) in [5.74, 6) is 0.594. The Labute approximate surface area is 234 Å². The normalized spacial score (nSPS) is 19.4. The zero-order chi connectivity index (χ0) is 27.3. The largest absolute Gasteiger partial charge is 0.346 e. The first-order valence-electron chi connectivity index (χ1n) is 13.9. The van der Waals surface area contributed by atoms with Gasteiger partial charge in [-0.3, -0.25) is 9.78 Å². The molecule has 1 atom stereocenters. The van der Waals surface area contributed by atoms with Crippen LogP contribution >= 0.6 is 0 Å². The lowest BCUT2D eigenvalue weighted by atomic mass is 9.77. The summed E-state index contributed by atoms with van der Waals surface area (Å²) in [5.41, 5.74) is 8.63. The first-order chi connectivity index (χ1) is 19.5. The number of allylic oxidation sites excluding steroid dienone is 4. The number of fused-ring (bicyclic) bond motifs is 2. The molecule has 1 radical (unpaired) electrons. The number of aromatic nitrogens is 4. The second-order valence-electron chi connectivity index (χ2n) is 11.3. The van der Waals surface area contributed by atoms with Crippen LogP contribution in [0.4, 0.5) is 0 Å². The molecule has 199 valence electrons. The lowest BCUT2D eigenvalue weighted by Crippen LogP contribution is -2.25. The maximum atomic E-state index is 13.1. The molecule has 0 unspecified atom stereocenters. The highest BCUT2D eigenvalue weighted by atomic mass is 16.1. The van der Waals surface area contributed by atoms with E-state index in [1.54, 1.807) is 10.9 Å². The van der Waals surface area contributed by atoms with Crippen LogP contribution in [0.2, 0.25) is 0 Å². The molecule has 3 aliphatic rings. The highest BCUT2D eigenvalue weighted by Gasteiger charge is 2.39. The van der Waals surface area contributed by atoms with Gasteiger partial charge in [-0.25, -0.2) is 9.67 Å². The molecule has 0 fully saturated rings. The molecule has 0 aliphatic heterocycles. The van der Waals surface area contributed by atoms with Crippen molar-refractivity contribution in [1.29, 1.82) is 5.26 Å². The standard InChI is InChI=1S/C33H29N6O.H2/c1-33(20-34)16-25-13-24(25)12-22-9-10-23(14-29(22)33)32(40)36-18-28-15-30-26(17-35-28)19-39(38-30)31-8-4-7-27(37-31)11-21-5-2-3-6-21;/h4-5,7-10,13-15,17,19H,2-3,6,11-12,16,18H2,1H3,(H,36,40);1H/t33-;/m0./s1. The molecule has 7 rings (SSSR count). The number of amides is 1. The predicted molar refractivity (Wildman–Crippen MR) is 155 cm³/mol. The molecular weight excluding hydrogens is 496 g/mol. The van der Waals surface area contributed by atoms with Crippen LogP contribution in [0.5, 0.6) is 0 Å². The second-order valence-corrected chi connectivity index (χ2v) is 11.3. The summed E-state index contributed by atoms with van der Waals surface area (Å²) in [4.78, 5) is 22.5. The Balaban J connectivity index is 0.00000302. The Bertz CT molecular complexity index is 1790. The Hall–Kier alpha value is -4.57. The van der Waals surface area contributed by atoms with Gasteiger partial charge in [-0.1, -0.05) is 34.9 Å². The average molecular weight is 528 g/mol. The summed E-state index contributed by atoms with van der Waals surface area (Å²) >= 11 is 0. The van der Waals surface area contributed by atoms with Crippen LogP contribution in [0.1, 0.15) is 66.9 Å². The topological polar surface area (TPSA) is 96.5 Å². The van der Waals surface area contributed by atoms with E-state index >= 15 is 0 Å². The van der Waals surface area contributed by atoms with Crippen molar-refractivity contribution < 1.29 is 6.22 Å². The smallest absolute Gasteiger partial charge is 0.251 e. The summed E-state index contributed by atoms with van der Waals surface area (Å²) < 4.78 is 1.79. The second kappa shape index (κ2) is 9.56. The molecular formula is C33H31N6O. The van der Waals surface area contributed by atoms with Crippen LogP contribution in [0, 0.1) is 17.8 Å². The number of nitrogens with one attached hydrogen (secondary N) is 1. The van der Waals surface area contributed by atoms with Gasteiger partial charge in [-0.05, 0) is 80.5 Å². The number of hydrogen-bond acceptors (Lipinski definition) is 5. The SMILES string of the molecule is C[C@@]1(C#N)CC2=C([CH]2)Cc2ccc(C(=O)NCc3cc4nn(-c5cccc(CC6=CCCC6)n5)cc4cn3)cc21.[HH]. The van der Waals surface area contributed by atoms with Gasteiger partial charge in [0.15, 0.2) is 5.82 Å². The number of benzene rings is 1. The van der Waals surface area contributed by atoms with Gasteiger partial charge in [-0.15, -0.1) is 0 Å². The van der Waals surface area contributed by atoms with E-state index in [2.05, 4.69) is 34.9 Å². The van der Waals surface area contributed by atoms with Crippen molar-refractivity contribution in [3.8, 4) is 11.9 Å². The number of pyridine rings is 2. The molecule has 0 saturated heterocycles. The molecule has 3 aromatic heterocycles. The zero-order valence-electron chi connectivity index (χ0n) is 22.4. The van der Waals surface area contributed by atoms with Crippen molar-refractivity contribution in [1.82, 2.24) is 25.1 Å². The number of carbonyl (C=O) groups is 1. The lowest BCUT2D eigenvalue weighted by molar-refractivity contribution is 0.0950. The molecule has 1 N–H and O–H groups in total. The first-order valence-corrected chi connectivity index (χ1v) is 13.9. The first kappa shape index (κ1) is 24.5. The van der Waals surface area contributed by atoms with Gasteiger partial charge in [0.2, 0.25) is 0 Å². The van der Waals surface area contributed by atoms with Gasteiger partial charge in [0.25, 0.3) is 5.91 Å². The van der Waals surface area contributed by atoms with Crippen LogP contribution in [0.15, 0.2) is 77.7 Å². The number of nitrogens with zero attached hydrogens (tertiary/aromatic N) is 5. The summed E-state index contributed by atoms with van der Waals surface area (Å²) in [6, 6.07) is 16.2. The van der Waals surface area contributed by atoms with E-state index in [0.717, 1.165) is 58.5 Å². The minimum Gasteiger partial charge on any atom is -0.346 e. The van der Waals surface area contributed by atoms with E-state index in [4.69, 9.17) is 10.1 Å². The van der Waals surface area contributed by atoms with E-state index in [-0.39, 0.29) is 13.9 Å². The molecule has 4 aromatic rings. The molecule has 1 aromatic carbocycles. The number of rotatable bonds is 6. The maximum absolute atomic E-state index is 13.1. The molecule has 0 saturated carbocycles. The van der Waals surface area contributed by atoms with Crippen LogP contribution in [0.3, 0.4) is 0 Å². The number of carbonyl (C=O) groups excluding carboxylic acids is 1. The molecule has 3 aliphatic carbocycles. The third-order valence-corrected chi connectivity index (χ3v) is 8.26. The minimum absolute atomic E-state index is 0. The summed E-state index contributed by atoms with van der Waals surface area (Å²) in [6.45, 7) is 2.24. The van der Waals surface area contributed by atoms with E-state index in [1.165, 1.54) is 29.6 Å². The number of hydrogen-bond donors (Lipinski definition) is 1. The van der Waals surface area contributed by atoms with E-state index in [9.17, 15) is 10.1 Å². The highest BCUT2D eigenvalue weighted by molar-refractivity contribution is 5.94. The van der Waals surface area contributed by atoms with Crippen molar-refractivity contribution in [2.45, 2.75) is 57.4 Å². The van der Waals surface area contributed by atoms with Crippen molar-refractivity contribution in [3.63, 3.8) is 0 Å². The van der Waals surface area contributed by atoms with Gasteiger partial charge in [0.05, 0.1) is 29.2 Å². The van der Waals surface area contributed by atoms with Crippen LogP contribution < -0.4 is 5.32 Å². The Morgan fingerprint density at radius 2 is 2.12 bits per heavy atom. The molecule has 0 spiro atoms. The monoisotopic (exact) mass is 527 g/mol.